The van der Waals surface area contributed by atoms with Gasteiger partial charge in [0.1, 0.15) is 10.7 Å². The number of aromatic nitrogens is 2. The van der Waals surface area contributed by atoms with E-state index >= 15 is 0 Å². The number of hydrogen-bond donors (Lipinski definition) is 1. The van der Waals surface area contributed by atoms with E-state index in [1.165, 1.54) is 11.3 Å². The van der Waals surface area contributed by atoms with Gasteiger partial charge >= 0.3 is 0 Å². The summed E-state index contributed by atoms with van der Waals surface area (Å²) in [7, 11) is 1.62. The van der Waals surface area contributed by atoms with Crippen LogP contribution >= 0.6 is 12.2 Å². The Labute approximate surface area is 124 Å². The van der Waals surface area contributed by atoms with E-state index in [9.17, 15) is 0 Å². The Morgan fingerprint density at radius 3 is 2.55 bits per heavy atom. The average Bonchev–Trinajstić information content (AvgIpc) is 2.66. The Morgan fingerprint density at radius 1 is 1.35 bits per heavy atom. The van der Waals surface area contributed by atoms with Crippen molar-refractivity contribution < 1.29 is 4.74 Å². The van der Waals surface area contributed by atoms with Gasteiger partial charge in [0, 0.05) is 5.69 Å². The predicted octanol–water partition coefficient (Wildman–Crippen LogP) is 2.50. The first kappa shape index (κ1) is 14.5. The van der Waals surface area contributed by atoms with Crippen LogP contribution in [0.25, 0.3) is 0 Å². The highest BCUT2D eigenvalue weighted by molar-refractivity contribution is 7.80. The molecule has 106 valence electrons. The van der Waals surface area contributed by atoms with Gasteiger partial charge in [0.15, 0.2) is 0 Å². The number of thiocarbonyl (C=S) groups is 1. The lowest BCUT2D eigenvalue weighted by Gasteiger charge is -2.10. The zero-order chi connectivity index (χ0) is 14.9. The summed E-state index contributed by atoms with van der Waals surface area (Å²) in [6, 6.07) is 5.86. The summed E-state index contributed by atoms with van der Waals surface area (Å²) >= 11 is 5.01. The number of rotatable bonds is 4. The molecule has 0 bridgehead atoms. The minimum Gasteiger partial charge on any atom is -0.496 e. The molecular formula is C15H19N3OS. The van der Waals surface area contributed by atoms with E-state index in [1.54, 1.807) is 7.11 Å². The van der Waals surface area contributed by atoms with E-state index in [0.717, 1.165) is 16.8 Å². The van der Waals surface area contributed by atoms with Gasteiger partial charge in [-0.05, 0) is 44.0 Å². The number of benzene rings is 1. The highest BCUT2D eigenvalue weighted by Gasteiger charge is 2.10. The molecule has 0 fully saturated rings. The van der Waals surface area contributed by atoms with Crippen LogP contribution in [0.15, 0.2) is 18.2 Å². The van der Waals surface area contributed by atoms with Gasteiger partial charge in [-0.15, -0.1) is 0 Å². The molecule has 4 nitrogen and oxygen atoms in total. The molecule has 1 aromatic carbocycles. The van der Waals surface area contributed by atoms with Crippen molar-refractivity contribution in [1.82, 2.24) is 9.78 Å². The highest BCUT2D eigenvalue weighted by Crippen LogP contribution is 2.21. The summed E-state index contributed by atoms with van der Waals surface area (Å²) in [5, 5.41) is 4.54. The maximum Gasteiger partial charge on any atom is 0.129 e. The van der Waals surface area contributed by atoms with Crippen molar-refractivity contribution in [3.63, 3.8) is 0 Å². The van der Waals surface area contributed by atoms with Crippen LogP contribution in [-0.2, 0) is 6.54 Å². The van der Waals surface area contributed by atoms with Gasteiger partial charge in [0.05, 0.1) is 24.9 Å². The number of nitrogens with zero attached hydrogens (tertiary/aromatic N) is 2. The molecule has 1 heterocycles. The maximum absolute atomic E-state index is 5.67. The molecule has 0 saturated heterocycles. The van der Waals surface area contributed by atoms with E-state index in [4.69, 9.17) is 22.7 Å². The minimum absolute atomic E-state index is 0.343. The fraction of sp³-hybridized carbons (Fsp3) is 0.333. The van der Waals surface area contributed by atoms with Crippen LogP contribution in [0.1, 0.15) is 28.1 Å². The summed E-state index contributed by atoms with van der Waals surface area (Å²) in [5.74, 6) is 0.702. The van der Waals surface area contributed by atoms with Crippen molar-refractivity contribution in [3.05, 3.63) is 46.3 Å². The lowest BCUT2D eigenvalue weighted by molar-refractivity contribution is 0.413. The first-order valence-corrected chi connectivity index (χ1v) is 6.82. The van der Waals surface area contributed by atoms with Crippen molar-refractivity contribution in [1.29, 1.82) is 0 Å². The van der Waals surface area contributed by atoms with Crippen LogP contribution in [0.3, 0.4) is 0 Å². The van der Waals surface area contributed by atoms with E-state index < -0.39 is 0 Å². The van der Waals surface area contributed by atoms with Gasteiger partial charge in [-0.25, -0.2) is 0 Å². The first-order valence-electron chi connectivity index (χ1n) is 6.41. The smallest absolute Gasteiger partial charge is 0.129 e. The van der Waals surface area contributed by atoms with Gasteiger partial charge in [0.2, 0.25) is 0 Å². The summed E-state index contributed by atoms with van der Waals surface area (Å²) < 4.78 is 7.35. The van der Waals surface area contributed by atoms with Crippen molar-refractivity contribution in [2.24, 2.45) is 5.73 Å². The van der Waals surface area contributed by atoms with Gasteiger partial charge in [-0.3, -0.25) is 4.68 Å². The lowest BCUT2D eigenvalue weighted by Crippen LogP contribution is -2.12. The Bertz CT molecular complexity index is 661. The molecule has 0 aliphatic rings. The van der Waals surface area contributed by atoms with Crippen molar-refractivity contribution in [2.45, 2.75) is 27.3 Å². The molecule has 20 heavy (non-hydrogen) atoms. The number of hydrogen-bond acceptors (Lipinski definition) is 3. The standard InChI is InChI=1S/C15H19N3OS/c1-9-10(2)17-18(11(9)3)8-12-5-6-13(15(16)20)14(7-12)19-4/h5-7H,8H2,1-4H3,(H2,16,20). The second-order valence-corrected chi connectivity index (χ2v) is 5.29. The monoisotopic (exact) mass is 289 g/mol. The molecule has 0 radical (unpaired) electrons. The Morgan fingerprint density at radius 2 is 2.05 bits per heavy atom. The third kappa shape index (κ3) is 2.67. The second-order valence-electron chi connectivity index (χ2n) is 4.85. The number of ether oxygens (including phenoxy) is 1. The molecule has 2 aromatic rings. The molecule has 0 spiro atoms. The quantitative estimate of drug-likeness (QED) is 0.879. The minimum atomic E-state index is 0.343. The summed E-state index contributed by atoms with van der Waals surface area (Å²) in [5.41, 5.74) is 11.0. The Hall–Kier alpha value is -1.88. The average molecular weight is 289 g/mol. The largest absolute Gasteiger partial charge is 0.496 e. The number of methoxy groups -OCH3 is 1. The molecule has 2 rings (SSSR count). The van der Waals surface area contributed by atoms with Gasteiger partial charge in [-0.2, -0.15) is 5.10 Å². The molecule has 1 aromatic heterocycles. The summed E-state index contributed by atoms with van der Waals surface area (Å²) in [6.45, 7) is 6.89. The van der Waals surface area contributed by atoms with Crippen LogP contribution in [0.2, 0.25) is 0 Å². The predicted molar refractivity (Wildman–Crippen MR) is 84.4 cm³/mol. The molecule has 0 saturated carbocycles. The van der Waals surface area contributed by atoms with E-state index in [-0.39, 0.29) is 0 Å². The summed E-state index contributed by atoms with van der Waals surface area (Å²) in [6.07, 6.45) is 0. The molecule has 0 atom stereocenters. The SMILES string of the molecule is COc1cc(Cn2nc(C)c(C)c2C)ccc1C(N)=S. The van der Waals surface area contributed by atoms with E-state index in [0.29, 0.717) is 17.3 Å². The Kier molecular flexibility index (Phi) is 4.09. The van der Waals surface area contributed by atoms with Crippen LogP contribution in [0.4, 0.5) is 0 Å². The van der Waals surface area contributed by atoms with Crippen LogP contribution in [-0.4, -0.2) is 21.9 Å². The van der Waals surface area contributed by atoms with Gasteiger partial charge < -0.3 is 10.5 Å². The van der Waals surface area contributed by atoms with Gasteiger partial charge in [0.25, 0.3) is 0 Å². The van der Waals surface area contributed by atoms with Gasteiger partial charge in [-0.1, -0.05) is 18.3 Å². The van der Waals surface area contributed by atoms with E-state index in [1.807, 2.05) is 29.8 Å². The fourth-order valence-electron chi connectivity index (χ4n) is 2.15. The molecule has 2 N–H and O–H groups in total. The van der Waals surface area contributed by atoms with Crippen molar-refractivity contribution in [3.8, 4) is 5.75 Å². The fourth-order valence-corrected chi connectivity index (χ4v) is 2.32. The second kappa shape index (κ2) is 5.63. The zero-order valence-electron chi connectivity index (χ0n) is 12.2. The van der Waals surface area contributed by atoms with Crippen molar-refractivity contribution >= 4 is 17.2 Å². The first-order chi connectivity index (χ1) is 9.43. The van der Waals surface area contributed by atoms with E-state index in [2.05, 4.69) is 18.9 Å². The third-order valence-corrected chi connectivity index (χ3v) is 3.83. The zero-order valence-corrected chi connectivity index (χ0v) is 13.0. The maximum atomic E-state index is 5.67. The molecule has 0 unspecified atom stereocenters. The summed E-state index contributed by atoms with van der Waals surface area (Å²) in [4.78, 5) is 0.343. The van der Waals surface area contributed by atoms with Crippen LogP contribution < -0.4 is 10.5 Å². The number of aryl methyl sites for hydroxylation is 1. The molecular weight excluding hydrogens is 270 g/mol. The normalized spacial score (nSPS) is 10.6. The lowest BCUT2D eigenvalue weighted by atomic mass is 10.1. The van der Waals surface area contributed by atoms with Crippen LogP contribution in [0, 0.1) is 20.8 Å². The third-order valence-electron chi connectivity index (χ3n) is 3.61. The number of nitrogens with two attached hydrogens (primary N) is 1. The topological polar surface area (TPSA) is 53.1 Å². The molecule has 0 amide bonds. The Balaban J connectivity index is 2.34. The van der Waals surface area contributed by atoms with Crippen LogP contribution in [0.5, 0.6) is 5.75 Å². The highest BCUT2D eigenvalue weighted by atomic mass is 32.1. The molecule has 5 heteroatoms. The van der Waals surface area contributed by atoms with Crippen molar-refractivity contribution in [2.75, 3.05) is 7.11 Å². The molecule has 0 aliphatic heterocycles. The molecule has 0 aliphatic carbocycles.